The highest BCUT2D eigenvalue weighted by atomic mass is 32.2. The maximum atomic E-state index is 11.8. The zero-order valence-corrected chi connectivity index (χ0v) is 14.6. The Morgan fingerprint density at radius 3 is 2.65 bits per heavy atom. The van der Waals surface area contributed by atoms with Crippen molar-refractivity contribution in [3.8, 4) is 5.75 Å². The maximum absolute atomic E-state index is 11.8. The third-order valence-corrected chi connectivity index (χ3v) is 3.86. The van der Waals surface area contributed by atoms with E-state index in [2.05, 4.69) is 4.90 Å². The monoisotopic (exact) mass is 341 g/mol. The largest absolute Gasteiger partial charge is 0.460 e. The molecule has 0 aromatic heterocycles. The molecule has 1 aliphatic heterocycles. The minimum atomic E-state index is -2.89. The van der Waals surface area contributed by atoms with E-state index in [0.29, 0.717) is 18.7 Å². The molecule has 2 rings (SSSR count). The van der Waals surface area contributed by atoms with Crippen molar-refractivity contribution in [3.05, 3.63) is 29.3 Å². The fourth-order valence-corrected chi connectivity index (χ4v) is 2.85. The number of carbonyl (C=O) groups is 1. The summed E-state index contributed by atoms with van der Waals surface area (Å²) >= 11 is 0. The summed E-state index contributed by atoms with van der Waals surface area (Å²) in [7, 11) is -2.89. The summed E-state index contributed by atoms with van der Waals surface area (Å²) in [5.74, 6) is 0.161. The first-order chi connectivity index (χ1) is 10.7. The molecule has 0 saturated heterocycles. The molecule has 0 bridgehead atoms. The fourth-order valence-electron chi connectivity index (χ4n) is 2.56. The first kappa shape index (κ1) is 17.7. The van der Waals surface area contributed by atoms with Crippen molar-refractivity contribution in [2.24, 2.45) is 0 Å². The van der Waals surface area contributed by atoms with E-state index in [0.717, 1.165) is 30.6 Å². The zero-order chi connectivity index (χ0) is 17.0. The molecule has 0 spiro atoms. The van der Waals surface area contributed by atoms with E-state index in [-0.39, 0.29) is 5.97 Å². The van der Waals surface area contributed by atoms with Gasteiger partial charge >= 0.3 is 5.97 Å². The number of hydrogen-bond acceptors (Lipinski definition) is 6. The molecular weight excluding hydrogens is 318 g/mol. The van der Waals surface area contributed by atoms with Crippen molar-refractivity contribution in [2.45, 2.75) is 45.8 Å². The van der Waals surface area contributed by atoms with Crippen LogP contribution < -0.4 is 4.18 Å². The Kier molecular flexibility index (Phi) is 5.64. The molecule has 0 N–H and O–H groups in total. The number of rotatable bonds is 5. The molecule has 0 radical (unpaired) electrons. The number of thiol groups is 1. The summed E-state index contributed by atoms with van der Waals surface area (Å²) < 4.78 is 31.2. The van der Waals surface area contributed by atoms with E-state index in [1.807, 2.05) is 26.8 Å². The number of benzene rings is 1. The van der Waals surface area contributed by atoms with E-state index >= 15 is 0 Å². The van der Waals surface area contributed by atoms with Gasteiger partial charge in [-0.05, 0) is 50.5 Å². The average molecular weight is 341 g/mol. The summed E-state index contributed by atoms with van der Waals surface area (Å²) in [5, 5.41) is 0. The number of carbonyl (C=O) groups excluding carboxylic acids is 1. The summed E-state index contributed by atoms with van der Waals surface area (Å²) in [6.07, 6.45) is 1.17. The van der Waals surface area contributed by atoms with E-state index in [1.54, 1.807) is 12.1 Å². The zero-order valence-electron chi connectivity index (χ0n) is 13.7. The molecule has 1 aromatic carbocycles. The van der Waals surface area contributed by atoms with Crippen LogP contribution in [0, 0.1) is 0 Å². The van der Waals surface area contributed by atoms with Gasteiger partial charge in [-0.1, -0.05) is 6.07 Å². The lowest BCUT2D eigenvalue weighted by Crippen LogP contribution is -2.33. The molecule has 1 heterocycles. The van der Waals surface area contributed by atoms with Gasteiger partial charge in [0.25, 0.3) is 11.0 Å². The molecule has 0 saturated carbocycles. The Morgan fingerprint density at radius 1 is 1.26 bits per heavy atom. The number of esters is 1. The summed E-state index contributed by atoms with van der Waals surface area (Å²) in [4.78, 5) is 14.0. The molecule has 0 aliphatic carbocycles. The lowest BCUT2D eigenvalue weighted by molar-refractivity contribution is -0.155. The Hall–Kier alpha value is -1.60. The molecule has 0 amide bonds. The molecule has 1 aromatic rings. The Morgan fingerprint density at radius 2 is 2.00 bits per heavy atom. The Balaban J connectivity index is 1.89. The third kappa shape index (κ3) is 5.84. The van der Waals surface area contributed by atoms with Crippen LogP contribution in [0.4, 0.5) is 0 Å². The van der Waals surface area contributed by atoms with Gasteiger partial charge in [-0.25, -0.2) is 0 Å². The van der Waals surface area contributed by atoms with E-state index in [4.69, 9.17) is 8.92 Å². The SMILES string of the molecule is CC(C)(C)OC(=O)CCN1CCc2cc(O[SH](=O)=O)ccc2C1. The van der Waals surface area contributed by atoms with Gasteiger partial charge in [0, 0.05) is 19.6 Å². The van der Waals surface area contributed by atoms with Gasteiger partial charge in [-0.15, -0.1) is 0 Å². The van der Waals surface area contributed by atoms with Crippen LogP contribution in [0.25, 0.3) is 0 Å². The fraction of sp³-hybridized carbons (Fsp3) is 0.562. The average Bonchev–Trinajstić information content (AvgIpc) is 2.42. The van der Waals surface area contributed by atoms with Crippen LogP contribution in [0.1, 0.15) is 38.3 Å². The summed E-state index contributed by atoms with van der Waals surface area (Å²) in [6.45, 7) is 7.79. The van der Waals surface area contributed by atoms with E-state index in [1.165, 1.54) is 0 Å². The second-order valence-electron chi connectivity index (χ2n) is 6.61. The quantitative estimate of drug-likeness (QED) is 0.649. The van der Waals surface area contributed by atoms with Crippen molar-refractivity contribution in [3.63, 3.8) is 0 Å². The van der Waals surface area contributed by atoms with Crippen LogP contribution >= 0.6 is 0 Å². The normalized spacial score (nSPS) is 15.3. The molecule has 1 aliphatic rings. The topological polar surface area (TPSA) is 72.9 Å². The smallest absolute Gasteiger partial charge is 0.307 e. The second kappa shape index (κ2) is 7.31. The number of ether oxygens (including phenoxy) is 1. The molecular formula is C16H23NO5S. The molecule has 128 valence electrons. The van der Waals surface area contributed by atoms with Gasteiger partial charge < -0.3 is 8.92 Å². The van der Waals surface area contributed by atoms with Crippen molar-refractivity contribution >= 4 is 17.0 Å². The summed E-state index contributed by atoms with van der Waals surface area (Å²) in [6, 6.07) is 5.30. The minimum Gasteiger partial charge on any atom is -0.460 e. The first-order valence-electron chi connectivity index (χ1n) is 7.61. The molecule has 0 atom stereocenters. The van der Waals surface area contributed by atoms with Gasteiger partial charge in [0.05, 0.1) is 6.42 Å². The van der Waals surface area contributed by atoms with Crippen molar-refractivity contribution < 1.29 is 22.1 Å². The highest BCUT2D eigenvalue weighted by Crippen LogP contribution is 2.24. The highest BCUT2D eigenvalue weighted by Gasteiger charge is 2.20. The van der Waals surface area contributed by atoms with Gasteiger partial charge in [0.15, 0.2) is 0 Å². The van der Waals surface area contributed by atoms with Gasteiger partial charge in [0.2, 0.25) is 0 Å². The van der Waals surface area contributed by atoms with Crippen molar-refractivity contribution in [1.82, 2.24) is 4.90 Å². The van der Waals surface area contributed by atoms with Crippen LogP contribution in [-0.2, 0) is 33.5 Å². The van der Waals surface area contributed by atoms with Crippen molar-refractivity contribution in [1.29, 1.82) is 0 Å². The maximum Gasteiger partial charge on any atom is 0.307 e. The third-order valence-electron chi connectivity index (χ3n) is 3.50. The highest BCUT2D eigenvalue weighted by molar-refractivity contribution is 7.67. The molecule has 0 unspecified atom stereocenters. The Labute approximate surface area is 138 Å². The second-order valence-corrected chi connectivity index (χ2v) is 7.24. The van der Waals surface area contributed by atoms with Crippen LogP contribution in [-0.4, -0.2) is 38.0 Å². The van der Waals surface area contributed by atoms with E-state index < -0.39 is 16.6 Å². The van der Waals surface area contributed by atoms with Gasteiger partial charge in [-0.2, -0.15) is 8.42 Å². The van der Waals surface area contributed by atoms with E-state index in [9.17, 15) is 13.2 Å². The van der Waals surface area contributed by atoms with Crippen LogP contribution in [0.5, 0.6) is 5.75 Å². The molecule has 23 heavy (non-hydrogen) atoms. The first-order valence-corrected chi connectivity index (χ1v) is 8.71. The predicted molar refractivity (Wildman–Crippen MR) is 86.8 cm³/mol. The molecule has 0 fully saturated rings. The standard InChI is InChI=1S/C16H23NO5S/c1-16(2,3)21-15(18)7-9-17-8-6-12-10-14(22-23(19)20)5-4-13(12)11-17/h4-5,10,23H,6-9,11H2,1-3H3. The van der Waals surface area contributed by atoms with Crippen molar-refractivity contribution in [2.75, 3.05) is 13.1 Å². The van der Waals surface area contributed by atoms with Crippen LogP contribution in [0.2, 0.25) is 0 Å². The van der Waals surface area contributed by atoms with Gasteiger partial charge in [0.1, 0.15) is 11.4 Å². The number of hydrogen-bond donors (Lipinski definition) is 1. The minimum absolute atomic E-state index is 0.189. The number of fused-ring (bicyclic) bond motifs is 1. The lowest BCUT2D eigenvalue weighted by atomic mass is 9.99. The molecule has 6 nitrogen and oxygen atoms in total. The van der Waals surface area contributed by atoms with Crippen LogP contribution in [0.3, 0.4) is 0 Å². The lowest BCUT2D eigenvalue weighted by Gasteiger charge is -2.29. The molecule has 7 heteroatoms. The Bertz CT molecular complexity index is 640. The van der Waals surface area contributed by atoms with Crippen LogP contribution in [0.15, 0.2) is 18.2 Å². The predicted octanol–water partition coefficient (Wildman–Crippen LogP) is 1.68. The van der Waals surface area contributed by atoms with Gasteiger partial charge in [-0.3, -0.25) is 9.69 Å². The number of nitrogens with zero attached hydrogens (tertiary/aromatic N) is 1. The summed E-state index contributed by atoms with van der Waals surface area (Å²) in [5.41, 5.74) is 1.77.